The summed E-state index contributed by atoms with van der Waals surface area (Å²) in [5.74, 6) is 1.90. The van der Waals surface area contributed by atoms with Gasteiger partial charge in [0.25, 0.3) is 0 Å². The minimum Gasteiger partial charge on any atom is -0.383 e. The van der Waals surface area contributed by atoms with E-state index in [-0.39, 0.29) is 0 Å². The van der Waals surface area contributed by atoms with Crippen LogP contribution in [0.2, 0.25) is 0 Å². The Bertz CT molecular complexity index is 554. The molecule has 0 unspecified atom stereocenters. The molecule has 17 heavy (non-hydrogen) atoms. The summed E-state index contributed by atoms with van der Waals surface area (Å²) in [6.45, 7) is 3.72. The Morgan fingerprint density at radius 2 is 1.88 bits per heavy atom. The van der Waals surface area contributed by atoms with Gasteiger partial charge in [-0.05, 0) is 41.9 Å². The molecule has 1 heterocycles. The van der Waals surface area contributed by atoms with Crippen molar-refractivity contribution >= 4 is 33.3 Å². The van der Waals surface area contributed by atoms with E-state index in [9.17, 15) is 0 Å². The molecule has 0 aliphatic carbocycles. The molecule has 0 aliphatic heterocycles. The summed E-state index contributed by atoms with van der Waals surface area (Å²) >= 11 is 3.48. The number of nitrogens with zero attached hydrogens (tertiary/aromatic N) is 2. The van der Waals surface area contributed by atoms with Crippen molar-refractivity contribution in [2.75, 3.05) is 11.1 Å². The molecule has 0 saturated heterocycles. The number of anilines is 3. The van der Waals surface area contributed by atoms with Crippen molar-refractivity contribution < 1.29 is 0 Å². The molecule has 0 radical (unpaired) electrons. The Morgan fingerprint density at radius 1 is 1.18 bits per heavy atom. The second-order valence-corrected chi connectivity index (χ2v) is 4.59. The Balaban J connectivity index is 2.40. The van der Waals surface area contributed by atoms with Crippen molar-refractivity contribution in [3.05, 3.63) is 40.1 Å². The third-order valence-electron chi connectivity index (χ3n) is 2.42. The van der Waals surface area contributed by atoms with E-state index in [1.54, 1.807) is 0 Å². The van der Waals surface area contributed by atoms with E-state index in [4.69, 9.17) is 5.73 Å². The lowest BCUT2D eigenvalue weighted by atomic mass is 10.2. The molecule has 0 amide bonds. The van der Waals surface area contributed by atoms with Gasteiger partial charge in [0, 0.05) is 10.0 Å². The van der Waals surface area contributed by atoms with Crippen molar-refractivity contribution in [2.24, 2.45) is 0 Å². The van der Waals surface area contributed by atoms with Gasteiger partial charge in [0.1, 0.15) is 17.5 Å². The predicted molar refractivity (Wildman–Crippen MR) is 73.3 cm³/mol. The highest BCUT2D eigenvalue weighted by Crippen LogP contribution is 2.27. The topological polar surface area (TPSA) is 63.8 Å². The highest BCUT2D eigenvalue weighted by Gasteiger charge is 2.07. The number of nitrogens with one attached hydrogen (secondary N) is 1. The molecule has 0 fully saturated rings. The maximum absolute atomic E-state index is 5.81. The van der Waals surface area contributed by atoms with Gasteiger partial charge < -0.3 is 11.1 Å². The third kappa shape index (κ3) is 2.55. The Kier molecular flexibility index (Phi) is 3.28. The zero-order chi connectivity index (χ0) is 12.4. The van der Waals surface area contributed by atoms with Crippen LogP contribution >= 0.6 is 15.9 Å². The number of hydrogen-bond donors (Lipinski definition) is 2. The van der Waals surface area contributed by atoms with Gasteiger partial charge in [-0.15, -0.1) is 0 Å². The highest BCUT2D eigenvalue weighted by molar-refractivity contribution is 9.10. The summed E-state index contributed by atoms with van der Waals surface area (Å²) in [5, 5.41) is 3.24. The fraction of sp³-hybridized carbons (Fsp3) is 0.167. The van der Waals surface area contributed by atoms with E-state index in [1.807, 2.05) is 38.1 Å². The molecule has 5 heteroatoms. The minimum absolute atomic E-state index is 0.507. The first kappa shape index (κ1) is 11.9. The number of nitrogen functional groups attached to an aromatic ring is 1. The number of para-hydroxylation sites is 1. The van der Waals surface area contributed by atoms with E-state index in [2.05, 4.69) is 31.2 Å². The molecule has 0 aliphatic rings. The zero-order valence-electron chi connectivity index (χ0n) is 9.66. The third-order valence-corrected chi connectivity index (χ3v) is 3.11. The van der Waals surface area contributed by atoms with Crippen molar-refractivity contribution in [1.82, 2.24) is 9.97 Å². The van der Waals surface area contributed by atoms with Crippen molar-refractivity contribution in [1.29, 1.82) is 0 Å². The summed E-state index contributed by atoms with van der Waals surface area (Å²) in [6.07, 6.45) is 0. The van der Waals surface area contributed by atoms with E-state index in [1.165, 1.54) is 0 Å². The van der Waals surface area contributed by atoms with Crippen LogP contribution in [-0.4, -0.2) is 9.97 Å². The maximum Gasteiger partial charge on any atom is 0.139 e. The molecule has 0 atom stereocenters. The van der Waals surface area contributed by atoms with Crippen molar-refractivity contribution in [3.8, 4) is 0 Å². The van der Waals surface area contributed by atoms with Crippen LogP contribution < -0.4 is 11.1 Å². The lowest BCUT2D eigenvalue weighted by Gasteiger charge is -2.11. The van der Waals surface area contributed by atoms with Gasteiger partial charge >= 0.3 is 0 Å². The number of hydrogen-bond acceptors (Lipinski definition) is 4. The maximum atomic E-state index is 5.81. The monoisotopic (exact) mass is 292 g/mol. The number of halogens is 1. The molecule has 2 rings (SSSR count). The lowest BCUT2D eigenvalue weighted by molar-refractivity contribution is 1.04. The van der Waals surface area contributed by atoms with Gasteiger partial charge in [0.05, 0.1) is 5.69 Å². The summed E-state index contributed by atoms with van der Waals surface area (Å²) in [7, 11) is 0. The van der Waals surface area contributed by atoms with Crippen molar-refractivity contribution in [3.63, 3.8) is 0 Å². The van der Waals surface area contributed by atoms with Crippen LogP contribution in [0.4, 0.5) is 17.3 Å². The van der Waals surface area contributed by atoms with Crippen LogP contribution in [0.1, 0.15) is 11.4 Å². The smallest absolute Gasteiger partial charge is 0.139 e. The number of aryl methyl sites for hydroxylation is 1. The lowest BCUT2D eigenvalue weighted by Crippen LogP contribution is -2.05. The molecule has 4 nitrogen and oxygen atoms in total. The summed E-state index contributed by atoms with van der Waals surface area (Å²) < 4.78 is 0.981. The Labute approximate surface area is 108 Å². The number of aromatic nitrogens is 2. The summed E-state index contributed by atoms with van der Waals surface area (Å²) in [6, 6.07) is 7.85. The van der Waals surface area contributed by atoms with Gasteiger partial charge in [-0.2, -0.15) is 0 Å². The molecule has 0 bridgehead atoms. The summed E-state index contributed by atoms with van der Waals surface area (Å²) in [5.41, 5.74) is 7.62. The van der Waals surface area contributed by atoms with E-state index in [0.717, 1.165) is 21.5 Å². The van der Waals surface area contributed by atoms with Gasteiger partial charge in [-0.1, -0.05) is 12.1 Å². The van der Waals surface area contributed by atoms with Crippen LogP contribution in [0.5, 0.6) is 0 Å². The predicted octanol–water partition coefficient (Wildman–Crippen LogP) is 3.18. The molecule has 0 spiro atoms. The minimum atomic E-state index is 0.507. The summed E-state index contributed by atoms with van der Waals surface area (Å²) in [4.78, 5) is 8.46. The second kappa shape index (κ2) is 4.71. The second-order valence-electron chi connectivity index (χ2n) is 3.73. The molecule has 88 valence electrons. The molecule has 3 N–H and O–H groups in total. The van der Waals surface area contributed by atoms with Crippen molar-refractivity contribution in [2.45, 2.75) is 13.8 Å². The quantitative estimate of drug-likeness (QED) is 0.892. The van der Waals surface area contributed by atoms with E-state index in [0.29, 0.717) is 11.6 Å². The van der Waals surface area contributed by atoms with E-state index >= 15 is 0 Å². The first-order valence-electron chi connectivity index (χ1n) is 5.20. The molecular formula is C12H13BrN4. The Morgan fingerprint density at radius 3 is 2.59 bits per heavy atom. The normalized spacial score (nSPS) is 10.3. The average molecular weight is 293 g/mol. The molecule has 1 aromatic carbocycles. The number of rotatable bonds is 2. The van der Waals surface area contributed by atoms with Crippen LogP contribution in [0, 0.1) is 13.8 Å². The van der Waals surface area contributed by atoms with E-state index < -0.39 is 0 Å². The van der Waals surface area contributed by atoms with Gasteiger partial charge in [0.2, 0.25) is 0 Å². The van der Waals surface area contributed by atoms with Crippen LogP contribution in [0.25, 0.3) is 0 Å². The largest absolute Gasteiger partial charge is 0.383 e. The SMILES string of the molecule is Cc1nc(N)c(C)c(Nc2ccccc2Br)n1. The number of nitrogens with two attached hydrogens (primary N) is 1. The number of benzene rings is 1. The van der Waals surface area contributed by atoms with Gasteiger partial charge in [-0.3, -0.25) is 0 Å². The fourth-order valence-electron chi connectivity index (χ4n) is 1.46. The molecule has 0 saturated carbocycles. The zero-order valence-corrected chi connectivity index (χ0v) is 11.2. The highest BCUT2D eigenvalue weighted by atomic mass is 79.9. The fourth-order valence-corrected chi connectivity index (χ4v) is 1.85. The first-order chi connectivity index (χ1) is 8.08. The molecule has 1 aromatic heterocycles. The van der Waals surface area contributed by atoms with Gasteiger partial charge in [0.15, 0.2) is 0 Å². The molecular weight excluding hydrogens is 280 g/mol. The average Bonchev–Trinajstić information content (AvgIpc) is 2.28. The first-order valence-corrected chi connectivity index (χ1v) is 5.99. The van der Waals surface area contributed by atoms with Crippen LogP contribution in [0.3, 0.4) is 0 Å². The molecule has 2 aromatic rings. The van der Waals surface area contributed by atoms with Gasteiger partial charge in [-0.25, -0.2) is 9.97 Å². The van der Waals surface area contributed by atoms with Crippen LogP contribution in [-0.2, 0) is 0 Å². The van der Waals surface area contributed by atoms with Crippen LogP contribution in [0.15, 0.2) is 28.7 Å². The standard InChI is InChI=1S/C12H13BrN4/c1-7-11(14)15-8(2)16-12(7)17-10-6-4-3-5-9(10)13/h3-6H,1-2H3,(H3,14,15,16,17). The Hall–Kier alpha value is -1.62.